The largest absolute Gasteiger partial charge is 0.335 e. The average Bonchev–Trinajstić information content (AvgIpc) is 3.55. The highest BCUT2D eigenvalue weighted by Gasteiger charge is 2.32. The molecule has 1 amide bonds. The van der Waals surface area contributed by atoms with E-state index in [1.54, 1.807) is 23.2 Å². The topological polar surface area (TPSA) is 70.2 Å². The van der Waals surface area contributed by atoms with E-state index in [9.17, 15) is 9.18 Å². The third kappa shape index (κ3) is 4.04. The van der Waals surface area contributed by atoms with E-state index in [0.717, 1.165) is 28.7 Å². The van der Waals surface area contributed by atoms with Crippen LogP contribution in [0.25, 0.3) is 10.8 Å². The van der Waals surface area contributed by atoms with Gasteiger partial charge in [-0.05, 0) is 30.5 Å². The molecule has 5 rings (SSSR count). The second-order valence-corrected chi connectivity index (χ2v) is 8.14. The second kappa shape index (κ2) is 8.08. The van der Waals surface area contributed by atoms with Crippen molar-refractivity contribution < 1.29 is 9.18 Å². The molecule has 2 aliphatic rings. The van der Waals surface area contributed by atoms with E-state index in [1.807, 2.05) is 24.3 Å². The highest BCUT2D eigenvalue weighted by Crippen LogP contribution is 2.22. The van der Waals surface area contributed by atoms with Gasteiger partial charge in [0.05, 0.1) is 17.5 Å². The molecule has 1 saturated carbocycles. The number of carbonyl (C=O) groups is 1. The first kappa shape index (κ1) is 19.1. The standard InChI is InChI=1S/C23H24FN5O/c24-21-8-5-15(10-22-19-4-2-1-3-16(19)11-27-28-22)9-20(21)23(30)29-12-18(13-29)26-14-25-17-6-7-17/h1-5,8-9,11,17-18,25-26H,6-7,10,12-14H2. The van der Waals surface area contributed by atoms with Gasteiger partial charge in [-0.2, -0.15) is 10.2 Å². The summed E-state index contributed by atoms with van der Waals surface area (Å²) < 4.78 is 14.4. The normalized spacial score (nSPS) is 16.6. The van der Waals surface area contributed by atoms with Crippen LogP contribution in [0.1, 0.15) is 34.5 Å². The molecule has 0 unspecified atom stereocenters. The van der Waals surface area contributed by atoms with Crippen molar-refractivity contribution in [2.24, 2.45) is 0 Å². The molecule has 2 fully saturated rings. The zero-order chi connectivity index (χ0) is 20.5. The highest BCUT2D eigenvalue weighted by atomic mass is 19.1. The lowest BCUT2D eigenvalue weighted by atomic mass is 10.0. The molecule has 2 heterocycles. The number of halogens is 1. The van der Waals surface area contributed by atoms with Gasteiger partial charge in [0, 0.05) is 49.0 Å². The van der Waals surface area contributed by atoms with E-state index in [0.29, 0.717) is 25.6 Å². The minimum Gasteiger partial charge on any atom is -0.335 e. The van der Waals surface area contributed by atoms with Crippen LogP contribution in [0.15, 0.2) is 48.7 Å². The lowest BCUT2D eigenvalue weighted by molar-refractivity contribution is 0.0560. The molecule has 0 bridgehead atoms. The summed E-state index contributed by atoms with van der Waals surface area (Å²) in [6, 6.07) is 13.5. The van der Waals surface area contributed by atoms with Crippen LogP contribution in [0, 0.1) is 5.82 Å². The van der Waals surface area contributed by atoms with E-state index in [1.165, 1.54) is 18.9 Å². The summed E-state index contributed by atoms with van der Waals surface area (Å²) >= 11 is 0. The number of amides is 1. The zero-order valence-electron chi connectivity index (χ0n) is 16.6. The molecular formula is C23H24FN5O. The van der Waals surface area contributed by atoms with Gasteiger partial charge in [0.25, 0.3) is 5.91 Å². The SMILES string of the molecule is O=C(c1cc(Cc2nncc3ccccc23)ccc1F)N1CC(NCNC2CC2)C1. The smallest absolute Gasteiger partial charge is 0.256 e. The first-order valence-electron chi connectivity index (χ1n) is 10.4. The Morgan fingerprint density at radius 3 is 2.73 bits per heavy atom. The Morgan fingerprint density at radius 2 is 1.90 bits per heavy atom. The number of fused-ring (bicyclic) bond motifs is 1. The summed E-state index contributed by atoms with van der Waals surface area (Å²) in [5.74, 6) is -0.744. The van der Waals surface area contributed by atoms with E-state index in [-0.39, 0.29) is 17.5 Å². The molecule has 0 spiro atoms. The Labute approximate surface area is 174 Å². The predicted molar refractivity (Wildman–Crippen MR) is 113 cm³/mol. The number of aromatic nitrogens is 2. The van der Waals surface area contributed by atoms with Crippen LogP contribution in [0.2, 0.25) is 0 Å². The van der Waals surface area contributed by atoms with Crippen LogP contribution in [-0.2, 0) is 6.42 Å². The fraction of sp³-hybridized carbons (Fsp3) is 0.348. The van der Waals surface area contributed by atoms with Gasteiger partial charge < -0.3 is 10.2 Å². The molecule has 1 saturated heterocycles. The molecule has 1 aliphatic carbocycles. The number of carbonyl (C=O) groups excluding carboxylic acids is 1. The van der Waals surface area contributed by atoms with Crippen LogP contribution in [0.5, 0.6) is 0 Å². The van der Waals surface area contributed by atoms with Gasteiger partial charge in [-0.1, -0.05) is 30.3 Å². The molecule has 6 nitrogen and oxygen atoms in total. The molecule has 1 aliphatic heterocycles. The van der Waals surface area contributed by atoms with Crippen molar-refractivity contribution in [3.05, 3.63) is 71.3 Å². The second-order valence-electron chi connectivity index (χ2n) is 8.14. The van der Waals surface area contributed by atoms with E-state index in [4.69, 9.17) is 0 Å². The Bertz CT molecular complexity index is 1070. The molecule has 0 atom stereocenters. The van der Waals surface area contributed by atoms with Crippen molar-refractivity contribution >= 4 is 16.7 Å². The molecule has 1 aromatic heterocycles. The van der Waals surface area contributed by atoms with E-state index < -0.39 is 5.82 Å². The Hall–Kier alpha value is -2.90. The fourth-order valence-electron chi connectivity index (χ4n) is 3.84. The van der Waals surface area contributed by atoms with Crippen LogP contribution < -0.4 is 10.6 Å². The van der Waals surface area contributed by atoms with Gasteiger partial charge >= 0.3 is 0 Å². The minimum atomic E-state index is -0.487. The van der Waals surface area contributed by atoms with Crippen LogP contribution in [0.4, 0.5) is 4.39 Å². The van der Waals surface area contributed by atoms with Crippen LogP contribution >= 0.6 is 0 Å². The van der Waals surface area contributed by atoms with Crippen molar-refractivity contribution in [2.45, 2.75) is 31.3 Å². The molecule has 7 heteroatoms. The molecule has 30 heavy (non-hydrogen) atoms. The molecule has 2 N–H and O–H groups in total. The third-order valence-corrected chi connectivity index (χ3v) is 5.81. The van der Waals surface area contributed by atoms with E-state index in [2.05, 4.69) is 20.8 Å². The number of likely N-dealkylation sites (tertiary alicyclic amines) is 1. The lowest BCUT2D eigenvalue weighted by Gasteiger charge is -2.40. The van der Waals surface area contributed by atoms with Crippen molar-refractivity contribution in [1.29, 1.82) is 0 Å². The molecule has 2 aromatic carbocycles. The predicted octanol–water partition coefficient (Wildman–Crippen LogP) is 2.48. The molecule has 0 radical (unpaired) electrons. The Morgan fingerprint density at radius 1 is 1.10 bits per heavy atom. The van der Waals surface area contributed by atoms with Crippen LogP contribution in [-0.4, -0.2) is 52.8 Å². The fourth-order valence-corrected chi connectivity index (χ4v) is 3.84. The number of hydrogen-bond donors (Lipinski definition) is 2. The maximum absolute atomic E-state index is 14.4. The number of hydrogen-bond acceptors (Lipinski definition) is 5. The Balaban J connectivity index is 1.26. The Kier molecular flexibility index (Phi) is 5.14. The number of nitrogens with one attached hydrogen (secondary N) is 2. The minimum absolute atomic E-state index is 0.121. The van der Waals surface area contributed by atoms with Gasteiger partial charge in [0.1, 0.15) is 5.82 Å². The monoisotopic (exact) mass is 405 g/mol. The maximum Gasteiger partial charge on any atom is 0.256 e. The lowest BCUT2D eigenvalue weighted by Crippen LogP contribution is -2.61. The van der Waals surface area contributed by atoms with Gasteiger partial charge in [0.15, 0.2) is 0 Å². The number of nitrogens with zero attached hydrogens (tertiary/aromatic N) is 3. The summed E-state index contributed by atoms with van der Waals surface area (Å²) in [5, 5.41) is 17.1. The van der Waals surface area contributed by atoms with Crippen molar-refractivity contribution in [1.82, 2.24) is 25.7 Å². The van der Waals surface area contributed by atoms with Gasteiger partial charge in [-0.3, -0.25) is 10.1 Å². The first-order valence-corrected chi connectivity index (χ1v) is 10.4. The molecule has 3 aromatic rings. The van der Waals surface area contributed by atoms with Gasteiger partial charge in [-0.25, -0.2) is 4.39 Å². The zero-order valence-corrected chi connectivity index (χ0v) is 16.6. The van der Waals surface area contributed by atoms with Crippen LogP contribution in [0.3, 0.4) is 0 Å². The number of rotatable bonds is 7. The van der Waals surface area contributed by atoms with Crippen molar-refractivity contribution in [2.75, 3.05) is 19.8 Å². The van der Waals surface area contributed by atoms with Crippen molar-refractivity contribution in [3.63, 3.8) is 0 Å². The summed E-state index contributed by atoms with van der Waals surface area (Å²) in [6.45, 7) is 1.96. The van der Waals surface area contributed by atoms with Crippen molar-refractivity contribution in [3.8, 4) is 0 Å². The average molecular weight is 405 g/mol. The summed E-state index contributed by atoms with van der Waals surface area (Å²) in [4.78, 5) is 14.5. The summed E-state index contributed by atoms with van der Waals surface area (Å²) in [7, 11) is 0. The molecule has 154 valence electrons. The summed E-state index contributed by atoms with van der Waals surface area (Å²) in [5.41, 5.74) is 1.78. The van der Waals surface area contributed by atoms with E-state index >= 15 is 0 Å². The third-order valence-electron chi connectivity index (χ3n) is 5.81. The quantitative estimate of drug-likeness (QED) is 0.591. The highest BCUT2D eigenvalue weighted by molar-refractivity contribution is 5.95. The molecular weight excluding hydrogens is 381 g/mol. The van der Waals surface area contributed by atoms with Gasteiger partial charge in [-0.15, -0.1) is 0 Å². The number of benzene rings is 2. The first-order chi connectivity index (χ1) is 14.7. The summed E-state index contributed by atoms with van der Waals surface area (Å²) in [6.07, 6.45) is 4.72. The maximum atomic E-state index is 14.4. The van der Waals surface area contributed by atoms with Gasteiger partial charge in [0.2, 0.25) is 0 Å².